The number of ether oxygens (including phenoxy) is 2. The smallest absolute Gasteiger partial charge is 0.345 e. The molecular weight excluding hydrogens is 377 g/mol. The number of anilines is 1. The fourth-order valence-corrected chi connectivity index (χ4v) is 3.42. The van der Waals surface area contributed by atoms with Gasteiger partial charge < -0.3 is 15.2 Å². The minimum atomic E-state index is -4.11. The Kier molecular flexibility index (Phi) is 4.82. The summed E-state index contributed by atoms with van der Waals surface area (Å²) in [6, 6.07) is 11.5. The number of halogens is 1. The second kappa shape index (κ2) is 7.08. The van der Waals surface area contributed by atoms with Crippen LogP contribution < -0.4 is 15.2 Å². The summed E-state index contributed by atoms with van der Waals surface area (Å²) >= 11 is 0. The van der Waals surface area contributed by atoms with Gasteiger partial charge in [-0.05, 0) is 42.5 Å². The fraction of sp³-hybridized carbons (Fsp3) is 0.0588. The highest BCUT2D eigenvalue weighted by molar-refractivity contribution is 7.90. The maximum absolute atomic E-state index is 13.2. The normalized spacial score (nSPS) is 11.2. The van der Waals surface area contributed by atoms with Crippen LogP contribution in [0.4, 0.5) is 10.2 Å². The number of nitrogen functional groups attached to an aromatic ring is 1. The molecule has 3 rings (SSSR count). The topological polar surface area (TPSA) is 114 Å². The van der Waals surface area contributed by atoms with Gasteiger partial charge in [-0.1, -0.05) is 6.07 Å². The van der Waals surface area contributed by atoms with Crippen molar-refractivity contribution in [1.29, 1.82) is 0 Å². The Labute approximate surface area is 154 Å². The fourth-order valence-electron chi connectivity index (χ4n) is 2.22. The molecule has 140 valence electrons. The highest BCUT2D eigenvalue weighted by Gasteiger charge is 2.23. The van der Waals surface area contributed by atoms with E-state index in [0.29, 0.717) is 9.84 Å². The average molecular weight is 391 g/mol. The van der Waals surface area contributed by atoms with E-state index in [0.717, 1.165) is 12.1 Å². The summed E-state index contributed by atoms with van der Waals surface area (Å²) in [6.45, 7) is 0. The molecule has 0 fully saturated rings. The molecule has 27 heavy (non-hydrogen) atoms. The molecule has 10 heteroatoms. The highest BCUT2D eigenvalue weighted by atomic mass is 32.2. The number of hydrogen-bond acceptors (Lipinski definition) is 7. The molecule has 1 aromatic heterocycles. The lowest BCUT2D eigenvalue weighted by atomic mass is 10.2. The number of benzene rings is 2. The van der Waals surface area contributed by atoms with Gasteiger partial charge in [0, 0.05) is 6.07 Å². The molecule has 0 bridgehead atoms. The Hall–Kier alpha value is -3.40. The molecule has 0 radical (unpaired) electrons. The van der Waals surface area contributed by atoms with E-state index in [2.05, 4.69) is 5.10 Å². The van der Waals surface area contributed by atoms with E-state index in [1.807, 2.05) is 0 Å². The van der Waals surface area contributed by atoms with Crippen molar-refractivity contribution in [2.45, 2.75) is 4.90 Å². The maximum Gasteiger partial charge on any atom is 0.345 e. The summed E-state index contributed by atoms with van der Waals surface area (Å²) in [7, 11) is -2.65. The van der Waals surface area contributed by atoms with Gasteiger partial charge in [0.15, 0.2) is 0 Å². The number of hydrogen-bond donors (Lipinski definition) is 1. The van der Waals surface area contributed by atoms with Crippen LogP contribution in [0.1, 0.15) is 10.4 Å². The second-order valence-corrected chi connectivity index (χ2v) is 7.10. The minimum Gasteiger partial charge on any atom is -0.497 e. The van der Waals surface area contributed by atoms with Crippen LogP contribution >= 0.6 is 0 Å². The van der Waals surface area contributed by atoms with E-state index in [9.17, 15) is 17.6 Å². The Morgan fingerprint density at radius 3 is 2.48 bits per heavy atom. The Morgan fingerprint density at radius 1 is 1.15 bits per heavy atom. The minimum absolute atomic E-state index is 0.0545. The van der Waals surface area contributed by atoms with Gasteiger partial charge in [0.1, 0.15) is 17.4 Å². The standard InChI is InChI=1S/C17H14FN3O5S/c1-25-13-5-7-14(8-6-13)27(23,24)21-15(19)10-16(20-21)26-17(22)11-3-2-4-12(18)9-11/h2-10H,19H2,1H3. The second-order valence-electron chi connectivity index (χ2n) is 5.33. The van der Waals surface area contributed by atoms with E-state index in [4.69, 9.17) is 15.2 Å². The summed E-state index contributed by atoms with van der Waals surface area (Å²) in [5, 5.41) is 3.72. The lowest BCUT2D eigenvalue weighted by Crippen LogP contribution is -2.17. The number of rotatable bonds is 5. The van der Waals surface area contributed by atoms with Crippen molar-refractivity contribution in [3.63, 3.8) is 0 Å². The lowest BCUT2D eigenvalue weighted by molar-refractivity contribution is 0.0726. The Morgan fingerprint density at radius 2 is 1.85 bits per heavy atom. The molecule has 1 heterocycles. The molecule has 0 saturated heterocycles. The first-order valence-corrected chi connectivity index (χ1v) is 8.98. The summed E-state index contributed by atoms with van der Waals surface area (Å²) in [4.78, 5) is 12.0. The van der Waals surface area contributed by atoms with Gasteiger partial charge in [-0.15, -0.1) is 9.19 Å². The number of aromatic nitrogens is 2. The third-order valence-corrected chi connectivity index (χ3v) is 5.14. The zero-order chi connectivity index (χ0) is 19.6. The Balaban J connectivity index is 1.88. The van der Waals surface area contributed by atoms with Crippen LogP contribution in [0, 0.1) is 5.82 Å². The van der Waals surface area contributed by atoms with Gasteiger partial charge in [-0.2, -0.15) is 8.42 Å². The zero-order valence-electron chi connectivity index (χ0n) is 14.0. The summed E-state index contributed by atoms with van der Waals surface area (Å²) in [5.41, 5.74) is 5.65. The van der Waals surface area contributed by atoms with Crippen molar-refractivity contribution < 1.29 is 27.1 Å². The van der Waals surface area contributed by atoms with Crippen molar-refractivity contribution in [3.05, 3.63) is 66.0 Å². The molecule has 2 N–H and O–H groups in total. The van der Waals surface area contributed by atoms with E-state index in [1.54, 1.807) is 0 Å². The van der Waals surface area contributed by atoms with Gasteiger partial charge in [0.25, 0.3) is 10.0 Å². The quantitative estimate of drug-likeness (QED) is 0.662. The van der Waals surface area contributed by atoms with Gasteiger partial charge in [0.2, 0.25) is 5.88 Å². The number of carbonyl (C=O) groups excluding carboxylic acids is 1. The predicted octanol–water partition coefficient (Wildman–Crippen LogP) is 2.07. The molecule has 8 nitrogen and oxygen atoms in total. The van der Waals surface area contributed by atoms with E-state index >= 15 is 0 Å². The molecule has 0 amide bonds. The molecule has 2 aromatic carbocycles. The summed E-state index contributed by atoms with van der Waals surface area (Å²) < 4.78 is 49.0. The van der Waals surface area contributed by atoms with Gasteiger partial charge in [-0.25, -0.2) is 9.18 Å². The first-order chi connectivity index (χ1) is 12.8. The molecule has 0 aliphatic heterocycles. The lowest BCUT2D eigenvalue weighted by Gasteiger charge is -2.06. The van der Waals surface area contributed by atoms with Crippen molar-refractivity contribution >= 4 is 21.8 Å². The van der Waals surface area contributed by atoms with Crippen LogP contribution in [0.5, 0.6) is 11.6 Å². The molecular formula is C17H14FN3O5S. The number of nitrogens with two attached hydrogens (primary N) is 1. The first kappa shape index (κ1) is 18.4. The largest absolute Gasteiger partial charge is 0.497 e. The van der Waals surface area contributed by atoms with Crippen LogP contribution in [0.2, 0.25) is 0 Å². The van der Waals surface area contributed by atoms with Gasteiger partial charge in [0.05, 0.1) is 17.6 Å². The van der Waals surface area contributed by atoms with E-state index in [1.165, 1.54) is 49.6 Å². The number of esters is 1. The molecule has 0 atom stereocenters. The van der Waals surface area contributed by atoms with Crippen molar-refractivity contribution in [2.24, 2.45) is 0 Å². The monoisotopic (exact) mass is 391 g/mol. The predicted molar refractivity (Wildman–Crippen MR) is 93.6 cm³/mol. The van der Waals surface area contributed by atoms with Crippen LogP contribution in [0.15, 0.2) is 59.5 Å². The van der Waals surface area contributed by atoms with Gasteiger partial charge >= 0.3 is 5.97 Å². The molecule has 0 aliphatic carbocycles. The third kappa shape index (κ3) is 3.75. The van der Waals surface area contributed by atoms with Crippen LogP contribution in [0.3, 0.4) is 0 Å². The summed E-state index contributed by atoms with van der Waals surface area (Å²) in [6.07, 6.45) is 0. The average Bonchev–Trinajstić information content (AvgIpc) is 3.02. The van der Waals surface area contributed by atoms with Crippen molar-refractivity contribution in [2.75, 3.05) is 12.8 Å². The molecule has 3 aromatic rings. The van der Waals surface area contributed by atoms with Crippen molar-refractivity contribution in [3.8, 4) is 11.6 Å². The number of methoxy groups -OCH3 is 1. The van der Waals surface area contributed by atoms with E-state index < -0.39 is 21.8 Å². The van der Waals surface area contributed by atoms with Crippen LogP contribution in [-0.4, -0.2) is 30.7 Å². The molecule has 0 unspecified atom stereocenters. The SMILES string of the molecule is COc1ccc(S(=O)(=O)n2nc(OC(=O)c3cccc(F)c3)cc2N)cc1. The first-order valence-electron chi connectivity index (χ1n) is 7.54. The van der Waals surface area contributed by atoms with Gasteiger partial charge in [-0.3, -0.25) is 0 Å². The van der Waals surface area contributed by atoms with Crippen LogP contribution in [-0.2, 0) is 10.0 Å². The van der Waals surface area contributed by atoms with E-state index in [-0.39, 0.29) is 22.2 Å². The molecule has 0 spiro atoms. The maximum atomic E-state index is 13.2. The molecule has 0 saturated carbocycles. The number of carbonyl (C=O) groups is 1. The highest BCUT2D eigenvalue weighted by Crippen LogP contribution is 2.23. The van der Waals surface area contributed by atoms with Crippen molar-refractivity contribution in [1.82, 2.24) is 9.19 Å². The Bertz CT molecular complexity index is 1090. The van der Waals surface area contributed by atoms with Crippen LogP contribution in [0.25, 0.3) is 0 Å². The third-order valence-electron chi connectivity index (χ3n) is 3.52. The zero-order valence-corrected chi connectivity index (χ0v) is 14.8. The summed E-state index contributed by atoms with van der Waals surface area (Å²) in [5.74, 6) is -1.63. The number of nitrogens with zero attached hydrogens (tertiary/aromatic N) is 2. The molecule has 0 aliphatic rings.